The van der Waals surface area contributed by atoms with Crippen molar-refractivity contribution in [2.24, 2.45) is 0 Å². The molecular formula is C21H23Cl2FN2O2. The molecule has 0 spiro atoms. The lowest BCUT2D eigenvalue weighted by atomic mass is 10.1. The molecule has 0 aliphatic carbocycles. The lowest BCUT2D eigenvalue weighted by Crippen LogP contribution is -2.49. The number of rotatable bonds is 8. The van der Waals surface area contributed by atoms with Crippen molar-refractivity contribution in [2.45, 2.75) is 39.3 Å². The Morgan fingerprint density at radius 2 is 1.75 bits per heavy atom. The zero-order valence-corrected chi connectivity index (χ0v) is 17.4. The zero-order valence-electron chi connectivity index (χ0n) is 15.8. The highest BCUT2D eigenvalue weighted by molar-refractivity contribution is 6.31. The minimum absolute atomic E-state index is 0.115. The van der Waals surface area contributed by atoms with Crippen LogP contribution in [0.3, 0.4) is 0 Å². The van der Waals surface area contributed by atoms with Crippen molar-refractivity contribution >= 4 is 35.0 Å². The first-order valence-electron chi connectivity index (χ1n) is 9.12. The molecule has 0 radical (unpaired) electrons. The van der Waals surface area contributed by atoms with E-state index < -0.39 is 17.8 Å². The smallest absolute Gasteiger partial charge is 0.242 e. The van der Waals surface area contributed by atoms with E-state index in [1.54, 1.807) is 18.2 Å². The molecule has 0 aliphatic heterocycles. The molecule has 0 saturated carbocycles. The third-order valence-electron chi connectivity index (χ3n) is 4.43. The van der Waals surface area contributed by atoms with Gasteiger partial charge in [-0.1, -0.05) is 54.4 Å². The number of nitrogens with zero attached hydrogens (tertiary/aromatic N) is 1. The normalized spacial score (nSPS) is 11.8. The Bertz CT molecular complexity index is 825. The van der Waals surface area contributed by atoms with Crippen LogP contribution in [0, 0.1) is 5.82 Å². The monoisotopic (exact) mass is 424 g/mol. The summed E-state index contributed by atoms with van der Waals surface area (Å²) in [6.45, 7) is 4.22. The molecule has 1 atom stereocenters. The molecule has 0 unspecified atom stereocenters. The number of benzene rings is 2. The van der Waals surface area contributed by atoms with Gasteiger partial charge >= 0.3 is 0 Å². The van der Waals surface area contributed by atoms with Crippen LogP contribution in [0.4, 0.5) is 4.39 Å². The van der Waals surface area contributed by atoms with Gasteiger partial charge in [0, 0.05) is 28.7 Å². The quantitative estimate of drug-likeness (QED) is 0.671. The highest BCUT2D eigenvalue weighted by Gasteiger charge is 2.29. The predicted molar refractivity (Wildman–Crippen MR) is 110 cm³/mol. The summed E-state index contributed by atoms with van der Waals surface area (Å²) in [6.07, 6.45) is 0.166. The molecule has 0 aromatic heterocycles. The van der Waals surface area contributed by atoms with Crippen LogP contribution in [0.25, 0.3) is 0 Å². The van der Waals surface area contributed by atoms with Gasteiger partial charge in [-0.05, 0) is 37.1 Å². The number of carbonyl (C=O) groups is 2. The van der Waals surface area contributed by atoms with E-state index in [2.05, 4.69) is 5.32 Å². The molecule has 28 heavy (non-hydrogen) atoms. The van der Waals surface area contributed by atoms with Crippen LogP contribution >= 0.6 is 23.2 Å². The lowest BCUT2D eigenvalue weighted by Gasteiger charge is -2.31. The zero-order chi connectivity index (χ0) is 20.7. The number of hydrogen-bond donors (Lipinski definition) is 1. The van der Waals surface area contributed by atoms with E-state index in [1.807, 2.05) is 19.9 Å². The molecule has 0 saturated heterocycles. The average molecular weight is 425 g/mol. The van der Waals surface area contributed by atoms with E-state index >= 15 is 0 Å². The molecular weight excluding hydrogens is 402 g/mol. The van der Waals surface area contributed by atoms with Crippen LogP contribution in [0.5, 0.6) is 0 Å². The van der Waals surface area contributed by atoms with Crippen LogP contribution in [0.1, 0.15) is 31.4 Å². The Morgan fingerprint density at radius 1 is 1.07 bits per heavy atom. The van der Waals surface area contributed by atoms with Gasteiger partial charge in [-0.2, -0.15) is 0 Å². The summed E-state index contributed by atoms with van der Waals surface area (Å²) in [5.41, 5.74) is 0.823. The van der Waals surface area contributed by atoms with Gasteiger partial charge in [0.1, 0.15) is 11.9 Å². The average Bonchev–Trinajstić information content (AvgIpc) is 2.66. The number of amides is 2. The molecule has 0 heterocycles. The molecule has 2 aromatic carbocycles. The predicted octanol–water partition coefficient (Wildman–Crippen LogP) is 4.62. The number of hydrogen-bond acceptors (Lipinski definition) is 2. The first-order chi connectivity index (χ1) is 13.4. The summed E-state index contributed by atoms with van der Waals surface area (Å²) >= 11 is 12.3. The maximum atomic E-state index is 14.2. The van der Waals surface area contributed by atoms with Gasteiger partial charge in [-0.25, -0.2) is 4.39 Å². The molecule has 0 aliphatic rings. The summed E-state index contributed by atoms with van der Waals surface area (Å²) in [5.74, 6) is -1.21. The summed E-state index contributed by atoms with van der Waals surface area (Å²) in [4.78, 5) is 27.1. The molecule has 1 N–H and O–H groups in total. The van der Waals surface area contributed by atoms with Crippen molar-refractivity contribution in [3.63, 3.8) is 0 Å². The highest BCUT2D eigenvalue weighted by Crippen LogP contribution is 2.23. The fraction of sp³-hybridized carbons (Fsp3) is 0.333. The van der Waals surface area contributed by atoms with Crippen molar-refractivity contribution in [3.8, 4) is 0 Å². The molecule has 150 valence electrons. The molecule has 4 nitrogen and oxygen atoms in total. The minimum Gasteiger partial charge on any atom is -0.355 e. The van der Waals surface area contributed by atoms with E-state index in [4.69, 9.17) is 23.2 Å². The van der Waals surface area contributed by atoms with E-state index in [1.165, 1.54) is 23.1 Å². The Kier molecular flexibility index (Phi) is 8.27. The number of carbonyl (C=O) groups excluding carboxylic acids is 2. The van der Waals surface area contributed by atoms with Crippen molar-refractivity contribution in [2.75, 3.05) is 6.54 Å². The van der Waals surface area contributed by atoms with Crippen LogP contribution in [-0.4, -0.2) is 29.3 Å². The molecule has 2 aromatic rings. The molecule has 7 heteroatoms. The van der Waals surface area contributed by atoms with Gasteiger partial charge in [0.2, 0.25) is 11.8 Å². The van der Waals surface area contributed by atoms with Gasteiger partial charge in [0.05, 0.1) is 6.42 Å². The van der Waals surface area contributed by atoms with Crippen LogP contribution in [0.15, 0.2) is 42.5 Å². The van der Waals surface area contributed by atoms with E-state index in [0.29, 0.717) is 23.6 Å². The Balaban J connectivity index is 2.37. The molecule has 0 fully saturated rings. The first-order valence-corrected chi connectivity index (χ1v) is 9.88. The second-order valence-electron chi connectivity index (χ2n) is 6.31. The van der Waals surface area contributed by atoms with Crippen molar-refractivity contribution < 1.29 is 14.0 Å². The molecule has 2 rings (SSSR count). The van der Waals surface area contributed by atoms with Crippen molar-refractivity contribution in [1.82, 2.24) is 10.2 Å². The number of nitrogens with one attached hydrogen (secondary N) is 1. The third-order valence-corrected chi connectivity index (χ3v) is 5.15. The maximum absolute atomic E-state index is 14.2. The largest absolute Gasteiger partial charge is 0.355 e. The molecule has 2 amide bonds. The number of halogens is 3. The Hall–Kier alpha value is -2.11. The van der Waals surface area contributed by atoms with E-state index in [9.17, 15) is 14.0 Å². The fourth-order valence-corrected chi connectivity index (χ4v) is 3.40. The molecule has 0 bridgehead atoms. The van der Waals surface area contributed by atoms with E-state index in [-0.39, 0.29) is 29.5 Å². The van der Waals surface area contributed by atoms with Crippen molar-refractivity contribution in [1.29, 1.82) is 0 Å². The minimum atomic E-state index is -0.700. The summed E-state index contributed by atoms with van der Waals surface area (Å²) in [7, 11) is 0. The van der Waals surface area contributed by atoms with Crippen LogP contribution in [-0.2, 0) is 22.6 Å². The van der Waals surface area contributed by atoms with Gasteiger partial charge in [0.15, 0.2) is 0 Å². The summed E-state index contributed by atoms with van der Waals surface area (Å²) in [5, 5.41) is 3.43. The second kappa shape index (κ2) is 10.4. The SMILES string of the molecule is CCNC(=O)[C@H](CC)N(Cc1ccccc1Cl)C(=O)Cc1c(F)cccc1Cl. The standard InChI is InChI=1S/C21H23Cl2FN2O2/c1-3-19(21(28)25-4-2)26(13-14-8-5-6-9-16(14)22)20(27)12-15-17(23)10-7-11-18(15)24/h5-11,19H,3-4,12-13H2,1-2H3,(H,25,28)/t19-/m0/s1. The Labute approximate surface area is 174 Å². The Morgan fingerprint density at radius 3 is 2.36 bits per heavy atom. The van der Waals surface area contributed by atoms with Gasteiger partial charge in [0.25, 0.3) is 0 Å². The van der Waals surface area contributed by atoms with Gasteiger partial charge in [-0.15, -0.1) is 0 Å². The van der Waals surface area contributed by atoms with Gasteiger partial charge < -0.3 is 10.2 Å². The second-order valence-corrected chi connectivity index (χ2v) is 7.12. The van der Waals surface area contributed by atoms with E-state index in [0.717, 1.165) is 0 Å². The fourth-order valence-electron chi connectivity index (χ4n) is 2.98. The van der Waals surface area contributed by atoms with Crippen molar-refractivity contribution in [3.05, 3.63) is 69.5 Å². The third kappa shape index (κ3) is 5.46. The first kappa shape index (κ1) is 22.2. The summed E-state index contributed by atoms with van der Waals surface area (Å²) in [6, 6.07) is 10.7. The maximum Gasteiger partial charge on any atom is 0.242 e. The highest BCUT2D eigenvalue weighted by atomic mass is 35.5. The van der Waals surface area contributed by atoms with Gasteiger partial charge in [-0.3, -0.25) is 9.59 Å². The van der Waals surface area contributed by atoms with Crippen LogP contribution < -0.4 is 5.32 Å². The number of likely N-dealkylation sites (N-methyl/N-ethyl adjacent to an activating group) is 1. The lowest BCUT2D eigenvalue weighted by molar-refractivity contribution is -0.140. The summed E-state index contributed by atoms with van der Waals surface area (Å²) < 4.78 is 14.2. The van der Waals surface area contributed by atoms with Crippen LogP contribution in [0.2, 0.25) is 10.0 Å². The topological polar surface area (TPSA) is 49.4 Å².